The van der Waals surface area contributed by atoms with E-state index in [-0.39, 0.29) is 16.9 Å². The number of hydrogen-bond donors (Lipinski definition) is 1. The lowest BCUT2D eigenvalue weighted by atomic mass is 9.90. The van der Waals surface area contributed by atoms with Gasteiger partial charge in [-0.1, -0.05) is 0 Å². The van der Waals surface area contributed by atoms with Gasteiger partial charge in [-0.2, -0.15) is 13.5 Å². The van der Waals surface area contributed by atoms with Gasteiger partial charge in [0.15, 0.2) is 0 Å². The Morgan fingerprint density at radius 1 is 1.18 bits per heavy atom. The number of ether oxygens (including phenoxy) is 1. The fourth-order valence-electron chi connectivity index (χ4n) is 3.81. The summed E-state index contributed by atoms with van der Waals surface area (Å²) in [4.78, 5) is 0.0971. The normalized spacial score (nSPS) is 20.9. The molecule has 1 saturated heterocycles. The van der Waals surface area contributed by atoms with Crippen LogP contribution in [0, 0.1) is 0 Å². The Morgan fingerprint density at radius 2 is 2.04 bits per heavy atom. The molecule has 144 valence electrons. The van der Waals surface area contributed by atoms with E-state index in [9.17, 15) is 8.42 Å². The summed E-state index contributed by atoms with van der Waals surface area (Å²) >= 11 is 0. The van der Waals surface area contributed by atoms with E-state index in [0.29, 0.717) is 5.75 Å². The van der Waals surface area contributed by atoms with Crippen molar-refractivity contribution in [1.82, 2.24) is 15.1 Å². The summed E-state index contributed by atoms with van der Waals surface area (Å²) in [5.41, 5.74) is 1.80. The van der Waals surface area contributed by atoms with Gasteiger partial charge in [-0.3, -0.25) is 0 Å². The van der Waals surface area contributed by atoms with E-state index in [2.05, 4.69) is 10.4 Å². The molecule has 1 fully saturated rings. The maximum Gasteiger partial charge on any atom is 0.339 e. The van der Waals surface area contributed by atoms with Gasteiger partial charge in [-0.25, -0.2) is 4.68 Å². The van der Waals surface area contributed by atoms with E-state index >= 15 is 0 Å². The topological polar surface area (TPSA) is 82.5 Å². The fraction of sp³-hybridized carbons (Fsp3) is 0.250. The number of nitrogens with zero attached hydrogens (tertiary/aromatic N) is 2. The summed E-state index contributed by atoms with van der Waals surface area (Å²) in [6, 6.07) is 13.5. The highest BCUT2D eigenvalue weighted by molar-refractivity contribution is 7.87. The summed E-state index contributed by atoms with van der Waals surface area (Å²) < 4.78 is 38.4. The number of aromatic nitrogens is 2. The molecule has 28 heavy (non-hydrogen) atoms. The van der Waals surface area contributed by atoms with Gasteiger partial charge in [0.1, 0.15) is 22.5 Å². The Bertz CT molecular complexity index is 1090. The van der Waals surface area contributed by atoms with Gasteiger partial charge >= 0.3 is 10.1 Å². The second kappa shape index (κ2) is 6.65. The van der Waals surface area contributed by atoms with Crippen molar-refractivity contribution in [3.63, 3.8) is 0 Å². The summed E-state index contributed by atoms with van der Waals surface area (Å²) in [6.45, 7) is 1.73. The van der Waals surface area contributed by atoms with Crippen LogP contribution in [0.4, 0.5) is 0 Å². The molecule has 2 aliphatic heterocycles. The SMILES string of the molecule is O=S(=O)(Oc1ccc2c(c1)C1CCNCC1O2)c1ccc(-n2cccn2)cc1. The highest BCUT2D eigenvalue weighted by Gasteiger charge is 2.36. The van der Waals surface area contributed by atoms with Crippen LogP contribution in [-0.2, 0) is 10.1 Å². The third kappa shape index (κ3) is 3.04. The monoisotopic (exact) mass is 397 g/mol. The van der Waals surface area contributed by atoms with E-state index in [1.54, 1.807) is 53.5 Å². The molecular weight excluding hydrogens is 378 g/mol. The van der Waals surface area contributed by atoms with Crippen molar-refractivity contribution in [3.05, 3.63) is 66.5 Å². The lowest BCUT2D eigenvalue weighted by Gasteiger charge is -2.24. The summed E-state index contributed by atoms with van der Waals surface area (Å²) in [5, 5.41) is 7.45. The molecular formula is C20H19N3O4S. The molecule has 7 nitrogen and oxygen atoms in total. The molecule has 0 saturated carbocycles. The highest BCUT2D eigenvalue weighted by Crippen LogP contribution is 2.43. The summed E-state index contributed by atoms with van der Waals surface area (Å²) in [7, 11) is -3.93. The van der Waals surface area contributed by atoms with Crippen LogP contribution >= 0.6 is 0 Å². The Morgan fingerprint density at radius 3 is 2.82 bits per heavy atom. The van der Waals surface area contributed by atoms with E-state index < -0.39 is 10.1 Å². The lowest BCUT2D eigenvalue weighted by molar-refractivity contribution is 0.177. The molecule has 2 atom stereocenters. The molecule has 8 heteroatoms. The first-order valence-corrected chi connectivity index (χ1v) is 10.6. The zero-order chi connectivity index (χ0) is 19.1. The largest absolute Gasteiger partial charge is 0.488 e. The highest BCUT2D eigenvalue weighted by atomic mass is 32.2. The number of rotatable bonds is 4. The Labute approximate surface area is 163 Å². The van der Waals surface area contributed by atoms with Crippen molar-refractivity contribution in [2.24, 2.45) is 0 Å². The number of nitrogens with one attached hydrogen (secondary N) is 1. The van der Waals surface area contributed by atoms with Crippen LogP contribution < -0.4 is 14.2 Å². The van der Waals surface area contributed by atoms with Crippen LogP contribution in [0.2, 0.25) is 0 Å². The molecule has 1 N–H and O–H groups in total. The molecule has 0 spiro atoms. The van der Waals surface area contributed by atoms with Crippen LogP contribution in [0.3, 0.4) is 0 Å². The quantitative estimate of drug-likeness (QED) is 0.681. The van der Waals surface area contributed by atoms with Gasteiger partial charge in [0.25, 0.3) is 0 Å². The molecule has 0 amide bonds. The zero-order valence-electron chi connectivity index (χ0n) is 15.0. The summed E-state index contributed by atoms with van der Waals surface area (Å²) in [5.74, 6) is 1.39. The number of fused-ring (bicyclic) bond motifs is 3. The van der Waals surface area contributed by atoms with Crippen molar-refractivity contribution < 1.29 is 17.3 Å². The Kier molecular flexibility index (Phi) is 4.10. The van der Waals surface area contributed by atoms with Crippen molar-refractivity contribution >= 4 is 10.1 Å². The first-order valence-electron chi connectivity index (χ1n) is 9.16. The molecule has 3 aromatic rings. The minimum atomic E-state index is -3.93. The van der Waals surface area contributed by atoms with Gasteiger partial charge in [0.05, 0.1) is 5.69 Å². The predicted octanol–water partition coefficient (Wildman–Crippen LogP) is 2.48. The van der Waals surface area contributed by atoms with Crippen molar-refractivity contribution in [2.75, 3.05) is 13.1 Å². The predicted molar refractivity (Wildman–Crippen MR) is 102 cm³/mol. The van der Waals surface area contributed by atoms with Crippen LogP contribution in [-0.4, -0.2) is 37.4 Å². The summed E-state index contributed by atoms with van der Waals surface area (Å²) in [6.07, 6.45) is 4.52. The molecule has 5 rings (SSSR count). The molecule has 1 aromatic heterocycles. The fourth-order valence-corrected chi connectivity index (χ4v) is 4.73. The second-order valence-corrected chi connectivity index (χ2v) is 8.48. The van der Waals surface area contributed by atoms with Crippen molar-refractivity contribution in [3.8, 4) is 17.2 Å². The van der Waals surface area contributed by atoms with Gasteiger partial charge in [-0.05, 0) is 61.5 Å². The molecule has 2 aromatic carbocycles. The van der Waals surface area contributed by atoms with Crippen molar-refractivity contribution in [1.29, 1.82) is 0 Å². The van der Waals surface area contributed by atoms with Crippen LogP contribution in [0.5, 0.6) is 11.5 Å². The van der Waals surface area contributed by atoms with Crippen LogP contribution in [0.15, 0.2) is 65.8 Å². The molecule has 2 unspecified atom stereocenters. The van der Waals surface area contributed by atoms with E-state index in [4.69, 9.17) is 8.92 Å². The van der Waals surface area contributed by atoms with Gasteiger partial charge in [0, 0.05) is 30.4 Å². The van der Waals surface area contributed by atoms with E-state index in [1.807, 2.05) is 0 Å². The maximum atomic E-state index is 12.7. The maximum absolute atomic E-state index is 12.7. The molecule has 0 radical (unpaired) electrons. The Hall–Kier alpha value is -2.84. The van der Waals surface area contributed by atoms with Gasteiger partial charge in [0.2, 0.25) is 0 Å². The molecule has 0 bridgehead atoms. The van der Waals surface area contributed by atoms with Crippen molar-refractivity contribution in [2.45, 2.75) is 23.3 Å². The average molecular weight is 397 g/mol. The minimum absolute atomic E-state index is 0.0971. The first kappa shape index (κ1) is 17.3. The first-order chi connectivity index (χ1) is 13.6. The van der Waals surface area contributed by atoms with Crippen LogP contribution in [0.1, 0.15) is 17.9 Å². The minimum Gasteiger partial charge on any atom is -0.488 e. The number of piperidine rings is 1. The van der Waals surface area contributed by atoms with Gasteiger partial charge < -0.3 is 14.2 Å². The third-order valence-corrected chi connectivity index (χ3v) is 6.45. The van der Waals surface area contributed by atoms with E-state index in [0.717, 1.165) is 36.5 Å². The smallest absolute Gasteiger partial charge is 0.339 e. The van der Waals surface area contributed by atoms with Crippen LogP contribution in [0.25, 0.3) is 5.69 Å². The average Bonchev–Trinajstić information content (AvgIpc) is 3.36. The standard InChI is InChI=1S/C20H19N3O4S/c24-28(25,16-5-2-14(3-6-16)23-11-1-9-22-23)27-15-4-7-19-18(12-15)17-8-10-21-13-20(17)26-19/h1-7,9,11-12,17,20-21H,8,10,13H2. The molecule has 3 heterocycles. The van der Waals surface area contributed by atoms with Gasteiger partial charge in [-0.15, -0.1) is 0 Å². The Balaban J connectivity index is 1.38. The van der Waals surface area contributed by atoms with E-state index in [1.165, 1.54) is 12.1 Å². The zero-order valence-corrected chi connectivity index (χ0v) is 15.8. The molecule has 2 aliphatic rings. The number of benzene rings is 2. The third-order valence-electron chi connectivity index (χ3n) is 5.19. The second-order valence-electron chi connectivity index (χ2n) is 6.94. The lowest BCUT2D eigenvalue weighted by Crippen LogP contribution is -2.39. The number of hydrogen-bond acceptors (Lipinski definition) is 6. The molecule has 0 aliphatic carbocycles.